The predicted octanol–water partition coefficient (Wildman–Crippen LogP) is -1.88. The van der Waals surface area contributed by atoms with Crippen LogP contribution in [0.1, 0.15) is 21.2 Å². The van der Waals surface area contributed by atoms with Crippen molar-refractivity contribution in [3.05, 3.63) is 0 Å². The molecule has 0 heterocycles. The van der Waals surface area contributed by atoms with Crippen LogP contribution < -0.4 is 51.4 Å². The van der Waals surface area contributed by atoms with Crippen LogP contribution in [0, 0.1) is 0 Å². The fourth-order valence-electron chi connectivity index (χ4n) is 0.268. The third-order valence-electron chi connectivity index (χ3n) is 0.673. The van der Waals surface area contributed by atoms with Gasteiger partial charge < -0.3 is 5.98 Å². The predicted molar refractivity (Wildman–Crippen MR) is 31.7 cm³/mol. The summed E-state index contributed by atoms with van der Waals surface area (Å²) in [6.07, 6.45) is 1.84. The molecule has 0 aromatic heterocycles. The van der Waals surface area contributed by atoms with E-state index in [0.29, 0.717) is 5.75 Å². The Bertz CT molecular complexity index is 71.6. The van der Waals surface area contributed by atoms with Crippen molar-refractivity contribution in [3.63, 3.8) is 0 Å². The van der Waals surface area contributed by atoms with Crippen LogP contribution in [0.25, 0.3) is 0 Å². The summed E-state index contributed by atoms with van der Waals surface area (Å²) in [6, 6.07) is 0. The molecule has 8 heavy (non-hydrogen) atoms. The van der Waals surface area contributed by atoms with Gasteiger partial charge in [0.2, 0.25) is 0 Å². The Balaban J connectivity index is -0.000000180. The van der Waals surface area contributed by atoms with Crippen LogP contribution in [0.5, 0.6) is 0 Å². The zero-order chi connectivity index (χ0) is 5.70. The van der Waals surface area contributed by atoms with E-state index < -0.39 is 11.1 Å². The molecule has 0 aliphatic carbocycles. The molecule has 0 aromatic rings. The molecule has 1 atom stereocenters. The van der Waals surface area contributed by atoms with Crippen LogP contribution in [0.2, 0.25) is 0 Å². The van der Waals surface area contributed by atoms with E-state index in [-0.39, 0.29) is 52.8 Å². The smallest absolute Gasteiger partial charge is 1.00 e. The second-order valence-corrected chi connectivity index (χ2v) is 2.43. The first-order valence-electron chi connectivity index (χ1n) is 2.35. The third-order valence-corrected chi connectivity index (χ3v) is 1.31. The molecule has 1 unspecified atom stereocenters. The molecule has 0 saturated heterocycles. The number of unbranched alkanes of at least 4 members (excludes halogenated alkanes) is 1. The average molecular weight is 162 g/mol. The van der Waals surface area contributed by atoms with E-state index in [1.54, 1.807) is 0 Å². The largest absolute Gasteiger partial charge is 1.00 e. The van der Waals surface area contributed by atoms with E-state index in [4.69, 9.17) is 4.55 Å². The fraction of sp³-hybridized carbons (Fsp3) is 1.00. The van der Waals surface area contributed by atoms with Crippen molar-refractivity contribution in [1.29, 1.82) is 0 Å². The molecule has 0 aromatic carbocycles. The summed E-state index contributed by atoms with van der Waals surface area (Å²) < 4.78 is 18.0. The van der Waals surface area contributed by atoms with E-state index in [2.05, 4.69) is 0 Å². The molecular weight excluding hydrogens is 151 g/mol. The Labute approximate surface area is 96.6 Å². The van der Waals surface area contributed by atoms with E-state index in [1.807, 2.05) is 6.92 Å². The van der Waals surface area contributed by atoms with Gasteiger partial charge in [0.25, 0.3) is 0 Å². The molecule has 4 heteroatoms. The van der Waals surface area contributed by atoms with Gasteiger partial charge in [-0.2, -0.15) is 0 Å². The first-order valence-corrected chi connectivity index (χ1v) is 3.62. The molecule has 0 amide bonds. The van der Waals surface area contributed by atoms with Gasteiger partial charge in [0.05, 0.1) is 0 Å². The quantitative estimate of drug-likeness (QED) is 0.390. The Morgan fingerprint density at radius 3 is 2.38 bits per heavy atom. The van der Waals surface area contributed by atoms with Gasteiger partial charge in [-0.15, -0.1) is 0 Å². The number of hydrogen-bond acceptors (Lipinski definition) is 1. The molecule has 0 rings (SSSR count). The van der Waals surface area contributed by atoms with Crippen LogP contribution in [-0.2, 0) is 11.1 Å². The van der Waals surface area contributed by atoms with Crippen LogP contribution in [0.4, 0.5) is 0 Å². The zero-order valence-electron chi connectivity index (χ0n) is 6.39. The van der Waals surface area contributed by atoms with E-state index in [9.17, 15) is 4.21 Å². The van der Waals surface area contributed by atoms with Crippen LogP contribution >= 0.6 is 0 Å². The van der Waals surface area contributed by atoms with Gasteiger partial charge in [0, 0.05) is 5.75 Å². The molecular formula is C4H11KO2S. The van der Waals surface area contributed by atoms with Crippen LogP contribution in [0.15, 0.2) is 0 Å². The second kappa shape index (κ2) is 8.75. The van der Waals surface area contributed by atoms with Crippen LogP contribution in [-0.4, -0.2) is 14.5 Å². The first-order chi connectivity index (χ1) is 3.27. The van der Waals surface area contributed by atoms with E-state index in [1.165, 1.54) is 0 Å². The maximum absolute atomic E-state index is 9.87. The molecule has 0 saturated carbocycles. The van der Waals surface area contributed by atoms with Crippen molar-refractivity contribution < 1.29 is 61.6 Å². The van der Waals surface area contributed by atoms with Crippen molar-refractivity contribution in [2.45, 2.75) is 19.8 Å². The van der Waals surface area contributed by atoms with Gasteiger partial charge in [-0.05, 0) is 6.42 Å². The Hall–Kier alpha value is 1.75. The molecule has 0 radical (unpaired) electrons. The van der Waals surface area contributed by atoms with Gasteiger partial charge >= 0.3 is 51.4 Å². The number of rotatable bonds is 3. The Morgan fingerprint density at radius 2 is 2.25 bits per heavy atom. The van der Waals surface area contributed by atoms with Crippen LogP contribution in [0.3, 0.4) is 0 Å². The minimum absolute atomic E-state index is 0. The zero-order valence-corrected chi connectivity index (χ0v) is 9.32. The Kier molecular flexibility index (Phi) is 13.6. The maximum atomic E-state index is 9.87. The van der Waals surface area contributed by atoms with Crippen molar-refractivity contribution >= 4 is 11.1 Å². The first kappa shape index (κ1) is 12.4. The SMILES string of the molecule is CCCCS(=O)O.[H-].[K+]. The summed E-state index contributed by atoms with van der Waals surface area (Å²) in [7, 11) is 0. The van der Waals surface area contributed by atoms with E-state index in [0.717, 1.165) is 12.8 Å². The summed E-state index contributed by atoms with van der Waals surface area (Å²) >= 11 is -1.57. The minimum atomic E-state index is -1.57. The Morgan fingerprint density at radius 1 is 1.75 bits per heavy atom. The van der Waals surface area contributed by atoms with Crippen molar-refractivity contribution in [2.24, 2.45) is 0 Å². The summed E-state index contributed by atoms with van der Waals surface area (Å²) in [5, 5.41) is 0. The monoisotopic (exact) mass is 162 g/mol. The van der Waals surface area contributed by atoms with Gasteiger partial charge in [-0.25, -0.2) is 4.21 Å². The fourth-order valence-corrected chi connectivity index (χ4v) is 0.803. The molecule has 0 aliphatic rings. The maximum Gasteiger partial charge on any atom is 1.00 e. The van der Waals surface area contributed by atoms with Crippen molar-refractivity contribution in [3.8, 4) is 0 Å². The summed E-state index contributed by atoms with van der Waals surface area (Å²) in [5.41, 5.74) is 0. The molecule has 0 fully saturated rings. The average Bonchev–Trinajstić information content (AvgIpc) is 1.61. The van der Waals surface area contributed by atoms with Gasteiger partial charge in [-0.3, -0.25) is 0 Å². The van der Waals surface area contributed by atoms with Gasteiger partial charge in [0.1, 0.15) is 0 Å². The molecule has 0 bridgehead atoms. The van der Waals surface area contributed by atoms with Gasteiger partial charge in [0.15, 0.2) is 11.1 Å². The second-order valence-electron chi connectivity index (χ2n) is 1.38. The van der Waals surface area contributed by atoms with Crippen molar-refractivity contribution in [1.82, 2.24) is 0 Å². The molecule has 0 aliphatic heterocycles. The standard InChI is InChI=1S/C4H10O2S.K.H/c1-2-3-4-7(5)6;;/h2-4H2,1H3,(H,5,6);;/q;+1;-1. The normalized spacial score (nSPS) is 12.2. The minimum Gasteiger partial charge on any atom is -1.00 e. The molecule has 0 spiro atoms. The van der Waals surface area contributed by atoms with Crippen molar-refractivity contribution in [2.75, 3.05) is 5.75 Å². The molecule has 46 valence electrons. The third kappa shape index (κ3) is 10.7. The number of hydrogen-bond donors (Lipinski definition) is 1. The van der Waals surface area contributed by atoms with Gasteiger partial charge in [-0.1, -0.05) is 13.3 Å². The summed E-state index contributed by atoms with van der Waals surface area (Å²) in [5.74, 6) is 0.427. The molecule has 1 N–H and O–H groups in total. The topological polar surface area (TPSA) is 37.3 Å². The summed E-state index contributed by atoms with van der Waals surface area (Å²) in [4.78, 5) is 0. The van der Waals surface area contributed by atoms with E-state index >= 15 is 0 Å². The summed E-state index contributed by atoms with van der Waals surface area (Å²) in [6.45, 7) is 1.99. The molecule has 2 nitrogen and oxygen atoms in total.